The van der Waals surface area contributed by atoms with E-state index in [1.807, 2.05) is 44.2 Å². The molecule has 2 aliphatic heterocycles. The lowest BCUT2D eigenvalue weighted by atomic mass is 9.98. The van der Waals surface area contributed by atoms with E-state index in [2.05, 4.69) is 37.8 Å². The number of hydrogen-bond acceptors (Lipinski definition) is 12. The minimum absolute atomic E-state index is 0.140. The molecule has 0 aliphatic carbocycles. The standard InChI is InChI=1S/C44H69N9O9/c1-30(2)39(46-43(59)49(6)15-17-51-19-23-61-24-20-51)41(57)45-35(27-33-11-9-8-10-12-33)38(56)29-53(32(5)34-13-14-36(54)37(55)28-34)48-42(58)40(31(3)4)47-44(60)50(7)16-18-52-21-25-62-26-22-52/h8-14,28,30-31,35,38-40,54-56H,5,15-27,29H2,1-4,6-7H3,(H,45,57)(H,46,59)(H,47,60)(H,48,58)/t35?,38?,39-,40-/m0/s1. The Morgan fingerprint density at radius 3 is 1.71 bits per heavy atom. The molecule has 2 aliphatic rings. The Morgan fingerprint density at radius 1 is 0.726 bits per heavy atom. The fourth-order valence-corrected chi connectivity index (χ4v) is 7.01. The first-order valence-corrected chi connectivity index (χ1v) is 21.5. The predicted molar refractivity (Wildman–Crippen MR) is 236 cm³/mol. The van der Waals surface area contributed by atoms with Crippen molar-refractivity contribution >= 4 is 29.6 Å². The van der Waals surface area contributed by atoms with Crippen LogP contribution in [0.4, 0.5) is 9.59 Å². The summed E-state index contributed by atoms with van der Waals surface area (Å²) >= 11 is 0. The maximum absolute atomic E-state index is 14.2. The van der Waals surface area contributed by atoms with Gasteiger partial charge in [-0.2, -0.15) is 0 Å². The molecule has 4 atom stereocenters. The van der Waals surface area contributed by atoms with Gasteiger partial charge in [-0.25, -0.2) is 9.59 Å². The number of phenolic OH excluding ortho intramolecular Hbond substituents is 2. The van der Waals surface area contributed by atoms with Crippen LogP contribution in [0.1, 0.15) is 38.8 Å². The van der Waals surface area contributed by atoms with Crippen molar-refractivity contribution in [3.8, 4) is 11.5 Å². The third-order valence-corrected chi connectivity index (χ3v) is 11.2. The highest BCUT2D eigenvalue weighted by molar-refractivity contribution is 5.88. The molecule has 2 fully saturated rings. The number of amides is 6. The van der Waals surface area contributed by atoms with Crippen LogP contribution in [0.3, 0.4) is 0 Å². The van der Waals surface area contributed by atoms with Crippen molar-refractivity contribution in [2.24, 2.45) is 11.8 Å². The molecule has 0 saturated carbocycles. The third-order valence-electron chi connectivity index (χ3n) is 11.2. The first-order chi connectivity index (χ1) is 29.5. The average Bonchev–Trinajstić information content (AvgIpc) is 3.26. The molecule has 2 saturated heterocycles. The van der Waals surface area contributed by atoms with Gasteiger partial charge in [-0.1, -0.05) is 64.6 Å². The second-order valence-corrected chi connectivity index (χ2v) is 16.7. The number of morpholine rings is 2. The van der Waals surface area contributed by atoms with E-state index in [1.165, 1.54) is 33.0 Å². The van der Waals surface area contributed by atoms with Crippen molar-refractivity contribution in [2.75, 3.05) is 99.4 Å². The summed E-state index contributed by atoms with van der Waals surface area (Å²) in [5, 5.41) is 42.5. The van der Waals surface area contributed by atoms with E-state index in [9.17, 15) is 34.5 Å². The lowest BCUT2D eigenvalue weighted by Crippen LogP contribution is -2.60. The van der Waals surface area contributed by atoms with Gasteiger partial charge in [0.05, 0.1) is 50.8 Å². The van der Waals surface area contributed by atoms with Gasteiger partial charge in [-0.3, -0.25) is 29.8 Å². The van der Waals surface area contributed by atoms with E-state index in [0.717, 1.165) is 31.7 Å². The average molecular weight is 868 g/mol. The monoisotopic (exact) mass is 868 g/mol. The summed E-state index contributed by atoms with van der Waals surface area (Å²) < 4.78 is 10.8. The Bertz CT molecular complexity index is 1760. The highest BCUT2D eigenvalue weighted by atomic mass is 16.5. The van der Waals surface area contributed by atoms with Crippen molar-refractivity contribution in [2.45, 2.75) is 58.3 Å². The van der Waals surface area contributed by atoms with E-state index in [-0.39, 0.29) is 36.2 Å². The summed E-state index contributed by atoms with van der Waals surface area (Å²) in [6, 6.07) is 9.54. The number of nitrogens with zero attached hydrogens (tertiary/aromatic N) is 5. The van der Waals surface area contributed by atoms with Crippen LogP contribution in [-0.2, 0) is 25.5 Å². The molecule has 0 aromatic heterocycles. The van der Waals surface area contributed by atoms with Gasteiger partial charge >= 0.3 is 12.1 Å². The van der Waals surface area contributed by atoms with Gasteiger partial charge in [-0.05, 0) is 42.0 Å². The Hall–Kier alpha value is -5.14. The molecular formula is C44H69N9O9. The number of hydrazine groups is 1. The van der Waals surface area contributed by atoms with Crippen LogP contribution in [0.2, 0.25) is 0 Å². The Morgan fingerprint density at radius 2 is 1.23 bits per heavy atom. The topological polar surface area (TPSA) is 212 Å². The summed E-state index contributed by atoms with van der Waals surface area (Å²) in [5.74, 6) is -2.58. The van der Waals surface area contributed by atoms with Crippen LogP contribution < -0.4 is 21.4 Å². The lowest BCUT2D eigenvalue weighted by Gasteiger charge is -2.35. The maximum atomic E-state index is 14.2. The summed E-state index contributed by atoms with van der Waals surface area (Å²) in [5.41, 5.74) is 4.09. The number of likely N-dealkylation sites (N-methyl/N-ethyl adjacent to an activating group) is 2. The normalized spacial score (nSPS) is 16.7. The number of phenols is 2. The van der Waals surface area contributed by atoms with Crippen molar-refractivity contribution in [1.82, 2.24) is 46.0 Å². The highest BCUT2D eigenvalue weighted by Crippen LogP contribution is 2.29. The number of hydrogen-bond donors (Lipinski definition) is 7. The van der Waals surface area contributed by atoms with Crippen molar-refractivity contribution in [3.63, 3.8) is 0 Å². The Labute approximate surface area is 366 Å². The van der Waals surface area contributed by atoms with Crippen molar-refractivity contribution in [1.29, 1.82) is 0 Å². The molecule has 344 valence electrons. The third kappa shape index (κ3) is 15.3. The van der Waals surface area contributed by atoms with Crippen LogP contribution in [0.15, 0.2) is 55.1 Å². The molecule has 2 heterocycles. The zero-order valence-corrected chi connectivity index (χ0v) is 37.2. The number of benzene rings is 2. The molecule has 2 aromatic carbocycles. The summed E-state index contributed by atoms with van der Waals surface area (Å²) in [6.07, 6.45) is -1.18. The Kier molecular flexibility index (Phi) is 19.6. The van der Waals surface area contributed by atoms with E-state index in [0.29, 0.717) is 58.2 Å². The van der Waals surface area contributed by atoms with E-state index >= 15 is 0 Å². The molecule has 18 heteroatoms. The molecular weight excluding hydrogens is 799 g/mol. The molecule has 2 unspecified atom stereocenters. The van der Waals surface area contributed by atoms with Crippen LogP contribution in [0.25, 0.3) is 5.70 Å². The van der Waals surface area contributed by atoms with E-state index < -0.39 is 53.9 Å². The van der Waals surface area contributed by atoms with Crippen LogP contribution in [0, 0.1) is 11.8 Å². The van der Waals surface area contributed by atoms with Gasteiger partial charge in [0, 0.05) is 72.0 Å². The van der Waals surface area contributed by atoms with Gasteiger partial charge in [0.25, 0.3) is 5.91 Å². The number of carbonyl (C=O) groups is 4. The minimum Gasteiger partial charge on any atom is -0.504 e. The zero-order valence-electron chi connectivity index (χ0n) is 37.2. The van der Waals surface area contributed by atoms with Gasteiger partial charge in [-0.15, -0.1) is 0 Å². The summed E-state index contributed by atoms with van der Waals surface area (Å²) in [7, 11) is 3.34. The van der Waals surface area contributed by atoms with Crippen molar-refractivity contribution in [3.05, 3.63) is 66.2 Å². The van der Waals surface area contributed by atoms with Crippen LogP contribution in [0.5, 0.6) is 11.5 Å². The number of ether oxygens (including phenoxy) is 2. The fourth-order valence-electron chi connectivity index (χ4n) is 7.01. The number of aliphatic hydroxyl groups excluding tert-OH is 1. The first kappa shape index (κ1) is 49.5. The number of urea groups is 2. The second-order valence-electron chi connectivity index (χ2n) is 16.7. The first-order valence-electron chi connectivity index (χ1n) is 21.5. The molecule has 4 rings (SSSR count). The van der Waals surface area contributed by atoms with Gasteiger partial charge < -0.3 is 50.5 Å². The van der Waals surface area contributed by atoms with Gasteiger partial charge in [0.15, 0.2) is 11.5 Å². The molecule has 2 aromatic rings. The predicted octanol–water partition coefficient (Wildman–Crippen LogP) is 1.49. The highest BCUT2D eigenvalue weighted by Gasteiger charge is 2.33. The summed E-state index contributed by atoms with van der Waals surface area (Å²) in [4.78, 5) is 62.5. The number of aliphatic hydroxyl groups is 1. The molecule has 7 N–H and O–H groups in total. The Balaban J connectivity index is 1.53. The number of nitrogens with one attached hydrogen (secondary N) is 4. The molecule has 18 nitrogen and oxygen atoms in total. The number of aromatic hydroxyl groups is 2. The minimum atomic E-state index is -1.36. The van der Waals surface area contributed by atoms with E-state index in [4.69, 9.17) is 9.47 Å². The quantitative estimate of drug-likeness (QED) is 0.0703. The van der Waals surface area contributed by atoms with Crippen molar-refractivity contribution < 1.29 is 44.0 Å². The number of carbonyl (C=O) groups excluding carboxylic acids is 4. The zero-order chi connectivity index (χ0) is 45.3. The molecule has 0 spiro atoms. The molecule has 0 radical (unpaired) electrons. The summed E-state index contributed by atoms with van der Waals surface area (Å²) in [6.45, 7) is 18.9. The van der Waals surface area contributed by atoms with E-state index in [1.54, 1.807) is 27.9 Å². The van der Waals surface area contributed by atoms with Crippen LogP contribution in [-0.4, -0.2) is 187 Å². The lowest BCUT2D eigenvalue weighted by molar-refractivity contribution is -0.129. The van der Waals surface area contributed by atoms with Gasteiger partial charge in [0.1, 0.15) is 12.1 Å². The fraction of sp³-hybridized carbons (Fsp3) is 0.591. The largest absolute Gasteiger partial charge is 0.504 e. The SMILES string of the molecule is C=C(c1ccc(O)c(O)c1)N(CC(O)C(Cc1ccccc1)NC(=O)[C@@H](NC(=O)N(C)CCN1CCOCC1)C(C)C)NC(=O)[C@@H](NC(=O)N(C)CCN1CCOCC1)C(C)C. The molecule has 0 bridgehead atoms. The second kappa shape index (κ2) is 24.5. The van der Waals surface area contributed by atoms with Crippen LogP contribution >= 0.6 is 0 Å². The molecule has 6 amide bonds. The number of rotatable bonds is 21. The smallest absolute Gasteiger partial charge is 0.317 e. The van der Waals surface area contributed by atoms with Gasteiger partial charge in [0.2, 0.25) is 5.91 Å². The molecule has 62 heavy (non-hydrogen) atoms. The maximum Gasteiger partial charge on any atom is 0.317 e.